The third-order valence-electron chi connectivity index (χ3n) is 8.55. The molecule has 1 amide bonds. The predicted molar refractivity (Wildman–Crippen MR) is 133 cm³/mol. The fourth-order valence-electron chi connectivity index (χ4n) is 6.64. The molecule has 2 aromatic carbocycles. The second-order valence-corrected chi connectivity index (χ2v) is 11.2. The van der Waals surface area contributed by atoms with E-state index in [2.05, 4.69) is 6.92 Å². The molecule has 5 rings (SSSR count). The van der Waals surface area contributed by atoms with Crippen LogP contribution in [0.3, 0.4) is 0 Å². The molecule has 0 aromatic heterocycles. The number of nitrogens with zero attached hydrogens (tertiary/aromatic N) is 1. The van der Waals surface area contributed by atoms with E-state index in [1.54, 1.807) is 18.2 Å². The van der Waals surface area contributed by atoms with Gasteiger partial charge in [0.05, 0.1) is 18.4 Å². The molecule has 2 aromatic rings. The summed E-state index contributed by atoms with van der Waals surface area (Å²) in [4.78, 5) is 26.7. The minimum atomic E-state index is -4.57. The topological polar surface area (TPSA) is 66.8 Å². The Hall–Kier alpha value is -2.77. The van der Waals surface area contributed by atoms with Gasteiger partial charge in [-0.05, 0) is 86.1 Å². The highest BCUT2D eigenvalue weighted by atomic mass is 19.4. The highest BCUT2D eigenvalue weighted by molar-refractivity contribution is 5.90. The molecule has 2 unspecified atom stereocenters. The number of aliphatic carboxylic acids is 1. The lowest BCUT2D eigenvalue weighted by Crippen LogP contribution is -2.56. The van der Waals surface area contributed by atoms with Crippen LogP contribution < -0.4 is 4.74 Å². The molecule has 2 atom stereocenters. The number of hydrogen-bond acceptors (Lipinski definition) is 3. The molecule has 3 fully saturated rings. The lowest BCUT2D eigenvalue weighted by Gasteiger charge is -2.48. The van der Waals surface area contributed by atoms with Gasteiger partial charge in [-0.1, -0.05) is 31.2 Å². The number of carbonyl (C=O) groups is 2. The maximum atomic E-state index is 14.2. The van der Waals surface area contributed by atoms with Gasteiger partial charge in [0.15, 0.2) is 0 Å². The van der Waals surface area contributed by atoms with Crippen molar-refractivity contribution in [2.24, 2.45) is 11.8 Å². The number of amides is 1. The van der Waals surface area contributed by atoms with E-state index in [9.17, 15) is 27.9 Å². The molecule has 8 heteroatoms. The number of hydrogen-bond donors (Lipinski definition) is 1. The van der Waals surface area contributed by atoms with Crippen LogP contribution in [-0.4, -0.2) is 40.1 Å². The van der Waals surface area contributed by atoms with Crippen molar-refractivity contribution in [1.82, 2.24) is 4.90 Å². The number of benzene rings is 2. The van der Waals surface area contributed by atoms with Crippen LogP contribution in [0.5, 0.6) is 5.75 Å². The number of carboxylic acids is 1. The van der Waals surface area contributed by atoms with Crippen molar-refractivity contribution in [2.75, 3.05) is 0 Å². The average molecular weight is 518 g/mol. The molecular weight excluding hydrogens is 483 g/mol. The van der Waals surface area contributed by atoms with E-state index in [4.69, 9.17) is 4.74 Å². The van der Waals surface area contributed by atoms with Gasteiger partial charge in [-0.2, -0.15) is 13.2 Å². The highest BCUT2D eigenvalue weighted by Crippen LogP contribution is 2.43. The number of rotatable bonds is 5. The molecule has 37 heavy (non-hydrogen) atoms. The van der Waals surface area contributed by atoms with Crippen molar-refractivity contribution in [3.8, 4) is 5.75 Å². The molecular formula is C29H34F3NO4. The SMILES string of the molecule is CC1CCC(Oc2ccc3cc(CC(=O)N4C5CCCC4CC(C(=O)O)C5)ccc3c2C(F)(F)F)CC1. The summed E-state index contributed by atoms with van der Waals surface area (Å²) < 4.78 is 48.4. The molecule has 2 bridgehead atoms. The first-order valence-corrected chi connectivity index (χ1v) is 13.4. The summed E-state index contributed by atoms with van der Waals surface area (Å²) >= 11 is 0. The van der Waals surface area contributed by atoms with Gasteiger partial charge >= 0.3 is 12.1 Å². The predicted octanol–water partition coefficient (Wildman–Crippen LogP) is 6.60. The van der Waals surface area contributed by atoms with Gasteiger partial charge in [-0.15, -0.1) is 0 Å². The second kappa shape index (κ2) is 10.2. The first-order chi connectivity index (χ1) is 17.6. The van der Waals surface area contributed by atoms with E-state index >= 15 is 0 Å². The minimum Gasteiger partial charge on any atom is -0.490 e. The summed E-state index contributed by atoms with van der Waals surface area (Å²) in [6.07, 6.45) is 2.21. The first kappa shape index (κ1) is 25.9. The molecule has 2 heterocycles. The highest BCUT2D eigenvalue weighted by Gasteiger charge is 2.43. The zero-order valence-corrected chi connectivity index (χ0v) is 21.1. The van der Waals surface area contributed by atoms with E-state index < -0.39 is 23.6 Å². The molecule has 3 aliphatic rings. The molecule has 200 valence electrons. The summed E-state index contributed by atoms with van der Waals surface area (Å²) in [7, 11) is 0. The lowest BCUT2D eigenvalue weighted by atomic mass is 9.78. The van der Waals surface area contributed by atoms with Crippen LogP contribution in [0, 0.1) is 11.8 Å². The lowest BCUT2D eigenvalue weighted by molar-refractivity contribution is -0.152. The zero-order valence-electron chi connectivity index (χ0n) is 21.1. The molecule has 2 aliphatic heterocycles. The van der Waals surface area contributed by atoms with Gasteiger partial charge in [0, 0.05) is 12.1 Å². The molecule has 1 saturated carbocycles. The maximum Gasteiger partial charge on any atom is 0.420 e. The van der Waals surface area contributed by atoms with Crippen molar-refractivity contribution in [2.45, 2.75) is 95.5 Å². The molecule has 0 spiro atoms. The molecule has 5 nitrogen and oxygen atoms in total. The van der Waals surface area contributed by atoms with Crippen molar-refractivity contribution in [1.29, 1.82) is 0 Å². The number of piperidine rings is 2. The fourth-order valence-corrected chi connectivity index (χ4v) is 6.64. The van der Waals surface area contributed by atoms with Crippen LogP contribution >= 0.6 is 0 Å². The molecule has 1 aliphatic carbocycles. The fraction of sp³-hybridized carbons (Fsp3) is 0.586. The Morgan fingerprint density at radius 1 is 1.00 bits per heavy atom. The maximum absolute atomic E-state index is 14.2. The first-order valence-electron chi connectivity index (χ1n) is 13.4. The van der Waals surface area contributed by atoms with Gasteiger partial charge in [-0.3, -0.25) is 9.59 Å². The molecule has 2 saturated heterocycles. The van der Waals surface area contributed by atoms with Gasteiger partial charge in [0.2, 0.25) is 5.91 Å². The monoisotopic (exact) mass is 517 g/mol. The third kappa shape index (κ3) is 5.43. The number of halogens is 3. The standard InChI is InChI=1S/C29H34F3NO4/c1-17-5-9-23(10-6-17)37-25-12-8-19-13-18(7-11-24(19)27(25)29(30,31)32)14-26(34)33-21-3-2-4-22(33)16-20(15-21)28(35)36/h7-8,11-13,17,20-23H,2-6,9-10,14-16H2,1H3,(H,35,36). The van der Waals surface area contributed by atoms with Gasteiger partial charge in [-0.25, -0.2) is 0 Å². The number of fused-ring (bicyclic) bond motifs is 3. The Morgan fingerprint density at radius 3 is 2.30 bits per heavy atom. The van der Waals surface area contributed by atoms with Crippen LogP contribution in [0.2, 0.25) is 0 Å². The number of carboxylic acid groups (broad SMARTS) is 1. The smallest absolute Gasteiger partial charge is 0.420 e. The van der Waals surface area contributed by atoms with Crippen LogP contribution in [-0.2, 0) is 22.2 Å². The number of carbonyl (C=O) groups excluding carboxylic acids is 1. The van der Waals surface area contributed by atoms with E-state index in [1.165, 1.54) is 12.1 Å². The number of ether oxygens (including phenoxy) is 1. The second-order valence-electron chi connectivity index (χ2n) is 11.2. The van der Waals surface area contributed by atoms with Crippen molar-refractivity contribution in [3.05, 3.63) is 41.5 Å². The largest absolute Gasteiger partial charge is 0.490 e. The Morgan fingerprint density at radius 2 is 1.68 bits per heavy atom. The molecule has 0 radical (unpaired) electrons. The normalized spacial score (nSPS) is 28.2. The average Bonchev–Trinajstić information content (AvgIpc) is 2.83. The Balaban J connectivity index is 1.37. The Bertz CT molecular complexity index is 1160. The summed E-state index contributed by atoms with van der Waals surface area (Å²) in [5, 5.41) is 9.96. The van der Waals surface area contributed by atoms with Crippen molar-refractivity contribution in [3.63, 3.8) is 0 Å². The quantitative estimate of drug-likeness (QED) is 0.485. The van der Waals surface area contributed by atoms with Crippen molar-refractivity contribution >= 4 is 22.6 Å². The van der Waals surface area contributed by atoms with Crippen LogP contribution in [0.25, 0.3) is 10.8 Å². The van der Waals surface area contributed by atoms with E-state index in [1.807, 2.05) is 4.90 Å². The van der Waals surface area contributed by atoms with E-state index in [-0.39, 0.29) is 41.7 Å². The summed E-state index contributed by atoms with van der Waals surface area (Å²) in [5.41, 5.74) is -0.106. The minimum absolute atomic E-state index is 0.0736. The van der Waals surface area contributed by atoms with Gasteiger partial charge < -0.3 is 14.7 Å². The van der Waals surface area contributed by atoms with Crippen LogP contribution in [0.1, 0.15) is 75.8 Å². The third-order valence-corrected chi connectivity index (χ3v) is 8.55. The zero-order chi connectivity index (χ0) is 26.3. The van der Waals surface area contributed by atoms with Gasteiger partial charge in [0.25, 0.3) is 0 Å². The number of alkyl halides is 3. The Labute approximate surface area is 215 Å². The van der Waals surface area contributed by atoms with E-state index in [0.717, 1.165) is 44.9 Å². The van der Waals surface area contributed by atoms with Crippen LogP contribution in [0.4, 0.5) is 13.2 Å². The molecule has 1 N–H and O–H groups in total. The van der Waals surface area contributed by atoms with Gasteiger partial charge in [0.1, 0.15) is 11.3 Å². The Kier molecular flexibility index (Phi) is 7.12. The summed E-state index contributed by atoms with van der Waals surface area (Å²) in [6, 6.07) is 7.60. The van der Waals surface area contributed by atoms with Crippen molar-refractivity contribution < 1.29 is 32.6 Å². The van der Waals surface area contributed by atoms with E-state index in [0.29, 0.717) is 29.7 Å². The van der Waals surface area contributed by atoms with Crippen LogP contribution in [0.15, 0.2) is 30.3 Å². The summed E-state index contributed by atoms with van der Waals surface area (Å²) in [5.74, 6) is -0.865. The summed E-state index contributed by atoms with van der Waals surface area (Å²) in [6.45, 7) is 2.15.